The van der Waals surface area contributed by atoms with Crippen molar-refractivity contribution in [3.05, 3.63) is 35.9 Å². The molecular formula is C18H28N2O. The Morgan fingerprint density at radius 1 is 1.24 bits per heavy atom. The van der Waals surface area contributed by atoms with Crippen LogP contribution in [0.2, 0.25) is 0 Å². The third kappa shape index (κ3) is 4.57. The van der Waals surface area contributed by atoms with Gasteiger partial charge in [-0.2, -0.15) is 0 Å². The number of nitrogens with one attached hydrogen (secondary N) is 1. The Labute approximate surface area is 128 Å². The van der Waals surface area contributed by atoms with Gasteiger partial charge in [0.25, 0.3) is 0 Å². The molecular weight excluding hydrogens is 260 g/mol. The first-order valence-electron chi connectivity index (χ1n) is 8.06. The fourth-order valence-electron chi connectivity index (χ4n) is 3.18. The Balaban J connectivity index is 1.81. The Morgan fingerprint density at radius 3 is 2.48 bits per heavy atom. The average Bonchev–Trinajstić information content (AvgIpc) is 2.99. The smallest absolute Gasteiger partial charge is 0.236 e. The summed E-state index contributed by atoms with van der Waals surface area (Å²) >= 11 is 0. The molecule has 21 heavy (non-hydrogen) atoms. The van der Waals surface area contributed by atoms with Gasteiger partial charge in [0.2, 0.25) is 5.91 Å². The molecule has 0 aliphatic carbocycles. The van der Waals surface area contributed by atoms with E-state index in [0.29, 0.717) is 12.6 Å². The van der Waals surface area contributed by atoms with Crippen LogP contribution in [0.25, 0.3) is 0 Å². The second kappa shape index (κ2) is 7.08. The predicted molar refractivity (Wildman–Crippen MR) is 87.4 cm³/mol. The van der Waals surface area contributed by atoms with Crippen molar-refractivity contribution < 1.29 is 4.79 Å². The number of hydrogen-bond acceptors (Lipinski definition) is 2. The van der Waals surface area contributed by atoms with Gasteiger partial charge in [0.05, 0.1) is 6.54 Å². The molecule has 3 heteroatoms. The molecule has 0 saturated carbocycles. The topological polar surface area (TPSA) is 32.3 Å². The van der Waals surface area contributed by atoms with E-state index < -0.39 is 0 Å². The molecule has 2 rings (SSSR count). The van der Waals surface area contributed by atoms with Crippen molar-refractivity contribution in [1.29, 1.82) is 0 Å². The predicted octanol–water partition coefficient (Wildman–Crippen LogP) is 2.95. The van der Waals surface area contributed by atoms with Crippen LogP contribution in [0.1, 0.15) is 45.6 Å². The molecule has 1 aliphatic heterocycles. The zero-order valence-corrected chi connectivity index (χ0v) is 13.6. The van der Waals surface area contributed by atoms with Gasteiger partial charge in [-0.25, -0.2) is 0 Å². The van der Waals surface area contributed by atoms with E-state index in [1.54, 1.807) is 0 Å². The molecule has 1 heterocycles. The molecule has 1 fully saturated rings. The van der Waals surface area contributed by atoms with Gasteiger partial charge < -0.3 is 10.2 Å². The zero-order chi connectivity index (χ0) is 15.3. The standard InChI is InChI=1S/C18H28N2O/c1-15(19-14-17(21)20-11-7-8-12-20)13-18(2,3)16-9-5-4-6-10-16/h4-6,9-10,15,19H,7-8,11-14H2,1-3H3. The monoisotopic (exact) mass is 288 g/mol. The third-order valence-electron chi connectivity index (χ3n) is 4.43. The highest BCUT2D eigenvalue weighted by Gasteiger charge is 2.24. The van der Waals surface area contributed by atoms with Crippen molar-refractivity contribution in [2.24, 2.45) is 0 Å². The molecule has 0 radical (unpaired) electrons. The van der Waals surface area contributed by atoms with Gasteiger partial charge in [-0.3, -0.25) is 4.79 Å². The van der Waals surface area contributed by atoms with Crippen molar-refractivity contribution >= 4 is 5.91 Å². The van der Waals surface area contributed by atoms with Crippen LogP contribution in [-0.2, 0) is 10.2 Å². The van der Waals surface area contributed by atoms with Crippen molar-refractivity contribution in [3.63, 3.8) is 0 Å². The van der Waals surface area contributed by atoms with E-state index in [1.807, 2.05) is 4.90 Å². The molecule has 0 bridgehead atoms. The lowest BCUT2D eigenvalue weighted by molar-refractivity contribution is -0.129. The van der Waals surface area contributed by atoms with E-state index >= 15 is 0 Å². The number of carbonyl (C=O) groups is 1. The summed E-state index contributed by atoms with van der Waals surface area (Å²) in [6.07, 6.45) is 3.33. The van der Waals surface area contributed by atoms with E-state index in [9.17, 15) is 4.79 Å². The van der Waals surface area contributed by atoms with Crippen molar-refractivity contribution in [2.45, 2.75) is 51.5 Å². The number of nitrogens with zero attached hydrogens (tertiary/aromatic N) is 1. The molecule has 116 valence electrons. The van der Waals surface area contributed by atoms with Gasteiger partial charge in [-0.1, -0.05) is 44.2 Å². The number of benzene rings is 1. The Bertz CT molecular complexity index is 450. The SMILES string of the molecule is CC(CC(C)(C)c1ccccc1)NCC(=O)N1CCCC1. The van der Waals surface area contributed by atoms with E-state index in [4.69, 9.17) is 0 Å². The molecule has 1 aromatic carbocycles. The van der Waals surface area contributed by atoms with Crippen molar-refractivity contribution in [1.82, 2.24) is 10.2 Å². The number of hydrogen-bond donors (Lipinski definition) is 1. The maximum absolute atomic E-state index is 12.0. The van der Waals surface area contributed by atoms with Gasteiger partial charge in [-0.15, -0.1) is 0 Å². The van der Waals surface area contributed by atoms with Crippen LogP contribution in [0.5, 0.6) is 0 Å². The van der Waals surface area contributed by atoms with Crippen LogP contribution < -0.4 is 5.32 Å². The number of carbonyl (C=O) groups excluding carboxylic acids is 1. The minimum Gasteiger partial charge on any atom is -0.342 e. The summed E-state index contributed by atoms with van der Waals surface area (Å²) in [4.78, 5) is 14.0. The van der Waals surface area contributed by atoms with Gasteiger partial charge in [0.1, 0.15) is 0 Å². The van der Waals surface area contributed by atoms with Crippen LogP contribution in [-0.4, -0.2) is 36.5 Å². The maximum Gasteiger partial charge on any atom is 0.236 e. The molecule has 3 nitrogen and oxygen atoms in total. The zero-order valence-electron chi connectivity index (χ0n) is 13.6. The summed E-state index contributed by atoms with van der Waals surface area (Å²) in [6, 6.07) is 10.9. The first-order chi connectivity index (χ1) is 9.99. The van der Waals surface area contributed by atoms with Gasteiger partial charge in [0.15, 0.2) is 0 Å². The van der Waals surface area contributed by atoms with Crippen LogP contribution in [0.3, 0.4) is 0 Å². The molecule has 0 aromatic heterocycles. The van der Waals surface area contributed by atoms with Crippen LogP contribution in [0, 0.1) is 0 Å². The molecule has 1 amide bonds. The summed E-state index contributed by atoms with van der Waals surface area (Å²) in [5, 5.41) is 3.39. The molecule has 1 saturated heterocycles. The highest BCUT2D eigenvalue weighted by molar-refractivity contribution is 5.78. The summed E-state index contributed by atoms with van der Waals surface area (Å²) in [7, 11) is 0. The number of likely N-dealkylation sites (tertiary alicyclic amines) is 1. The normalized spacial score (nSPS) is 17.0. The second-order valence-corrected chi connectivity index (χ2v) is 6.82. The number of amides is 1. The Hall–Kier alpha value is -1.35. The van der Waals surface area contributed by atoms with E-state index in [0.717, 1.165) is 32.4 Å². The summed E-state index contributed by atoms with van der Waals surface area (Å²) in [5.74, 6) is 0.247. The highest BCUT2D eigenvalue weighted by atomic mass is 16.2. The Morgan fingerprint density at radius 2 is 1.86 bits per heavy atom. The largest absolute Gasteiger partial charge is 0.342 e. The molecule has 1 atom stereocenters. The quantitative estimate of drug-likeness (QED) is 0.873. The van der Waals surface area contributed by atoms with Crippen LogP contribution in [0.4, 0.5) is 0 Å². The lowest BCUT2D eigenvalue weighted by Crippen LogP contribution is -2.41. The fourth-order valence-corrected chi connectivity index (χ4v) is 3.18. The van der Waals surface area contributed by atoms with Crippen LogP contribution >= 0.6 is 0 Å². The van der Waals surface area contributed by atoms with Gasteiger partial charge >= 0.3 is 0 Å². The first-order valence-corrected chi connectivity index (χ1v) is 8.06. The first kappa shape index (κ1) is 16.0. The average molecular weight is 288 g/mol. The number of rotatable bonds is 6. The molecule has 1 unspecified atom stereocenters. The van der Waals surface area contributed by atoms with E-state index in [-0.39, 0.29) is 11.3 Å². The highest BCUT2D eigenvalue weighted by Crippen LogP contribution is 2.28. The molecule has 1 aliphatic rings. The third-order valence-corrected chi connectivity index (χ3v) is 4.43. The fraction of sp³-hybridized carbons (Fsp3) is 0.611. The lowest BCUT2D eigenvalue weighted by Gasteiger charge is -2.29. The lowest BCUT2D eigenvalue weighted by atomic mass is 9.79. The summed E-state index contributed by atoms with van der Waals surface area (Å²) in [6.45, 7) is 9.04. The minimum atomic E-state index is 0.115. The van der Waals surface area contributed by atoms with Crippen molar-refractivity contribution in [3.8, 4) is 0 Å². The van der Waals surface area contributed by atoms with E-state index in [2.05, 4.69) is 56.4 Å². The summed E-state index contributed by atoms with van der Waals surface area (Å²) < 4.78 is 0. The molecule has 1 N–H and O–H groups in total. The maximum atomic E-state index is 12.0. The van der Waals surface area contributed by atoms with E-state index in [1.165, 1.54) is 5.56 Å². The molecule has 1 aromatic rings. The second-order valence-electron chi connectivity index (χ2n) is 6.82. The minimum absolute atomic E-state index is 0.115. The van der Waals surface area contributed by atoms with Crippen LogP contribution in [0.15, 0.2) is 30.3 Å². The van der Waals surface area contributed by atoms with Crippen molar-refractivity contribution in [2.75, 3.05) is 19.6 Å². The summed E-state index contributed by atoms with van der Waals surface area (Å²) in [5.41, 5.74) is 1.47. The molecule has 0 spiro atoms. The Kier molecular flexibility index (Phi) is 5.40. The van der Waals surface area contributed by atoms with Gasteiger partial charge in [-0.05, 0) is 37.2 Å². The van der Waals surface area contributed by atoms with Gasteiger partial charge in [0, 0.05) is 19.1 Å².